The van der Waals surface area contributed by atoms with Gasteiger partial charge in [0.1, 0.15) is 18.4 Å². The lowest BCUT2D eigenvalue weighted by molar-refractivity contribution is -0.140. The number of anilines is 1. The molecule has 2 amide bonds. The standard InChI is InChI=1S/C33H32BrClFN3O4S/c1-2-18-37-33(41)31(20-24-10-5-3-6-11-24)38(22-25-12-9-13-26(34)19-25)32(40)23-39(27-16-17-30(36)29(35)21-27)44(42,43)28-14-7-4-8-15-28/h3-17,19,21,31H,2,18,20,22-23H2,1H3,(H,37,41). The average Bonchev–Trinajstić information content (AvgIpc) is 3.02. The fraction of sp³-hybridized carbons (Fsp3) is 0.212. The number of sulfonamides is 1. The maximum absolute atomic E-state index is 14.4. The molecule has 4 aromatic rings. The Morgan fingerprint density at radius 3 is 2.20 bits per heavy atom. The van der Waals surface area contributed by atoms with E-state index in [1.807, 2.05) is 61.5 Å². The third-order valence-electron chi connectivity index (χ3n) is 6.86. The third kappa shape index (κ3) is 8.46. The molecule has 4 aromatic carbocycles. The van der Waals surface area contributed by atoms with Gasteiger partial charge < -0.3 is 10.2 Å². The summed E-state index contributed by atoms with van der Waals surface area (Å²) in [6, 6.07) is 26.8. The number of benzene rings is 4. The molecule has 7 nitrogen and oxygen atoms in total. The Hall–Kier alpha value is -3.73. The number of nitrogens with zero attached hydrogens (tertiary/aromatic N) is 2. The van der Waals surface area contributed by atoms with Crippen molar-refractivity contribution in [2.45, 2.75) is 37.2 Å². The Kier molecular flexibility index (Phi) is 11.5. The summed E-state index contributed by atoms with van der Waals surface area (Å²) in [6.45, 7) is 1.70. The highest BCUT2D eigenvalue weighted by molar-refractivity contribution is 9.10. The molecule has 0 heterocycles. The number of rotatable bonds is 13. The number of nitrogens with one attached hydrogen (secondary N) is 1. The van der Waals surface area contributed by atoms with Crippen molar-refractivity contribution >= 4 is 55.1 Å². The number of hydrogen-bond donors (Lipinski definition) is 1. The van der Waals surface area contributed by atoms with E-state index < -0.39 is 34.3 Å². The van der Waals surface area contributed by atoms with E-state index >= 15 is 0 Å². The predicted octanol–water partition coefficient (Wildman–Crippen LogP) is 6.60. The van der Waals surface area contributed by atoms with Crippen LogP contribution in [0.15, 0.2) is 112 Å². The van der Waals surface area contributed by atoms with Crippen LogP contribution in [0.2, 0.25) is 5.02 Å². The third-order valence-corrected chi connectivity index (χ3v) is 9.43. The second-order valence-electron chi connectivity index (χ2n) is 10.1. The van der Waals surface area contributed by atoms with E-state index in [0.29, 0.717) is 13.0 Å². The van der Waals surface area contributed by atoms with Crippen molar-refractivity contribution < 1.29 is 22.4 Å². The highest BCUT2D eigenvalue weighted by Gasteiger charge is 2.34. The molecule has 0 aromatic heterocycles. The summed E-state index contributed by atoms with van der Waals surface area (Å²) in [5.41, 5.74) is 1.57. The summed E-state index contributed by atoms with van der Waals surface area (Å²) < 4.78 is 43.7. The Morgan fingerprint density at radius 1 is 0.909 bits per heavy atom. The monoisotopic (exact) mass is 699 g/mol. The predicted molar refractivity (Wildman–Crippen MR) is 174 cm³/mol. The van der Waals surface area contributed by atoms with Gasteiger partial charge in [0.25, 0.3) is 10.0 Å². The van der Waals surface area contributed by atoms with Crippen molar-refractivity contribution in [3.05, 3.63) is 130 Å². The molecule has 0 saturated heterocycles. The first-order chi connectivity index (χ1) is 21.1. The van der Waals surface area contributed by atoms with Gasteiger partial charge in [-0.05, 0) is 60.0 Å². The maximum atomic E-state index is 14.4. The minimum atomic E-state index is -4.31. The van der Waals surface area contributed by atoms with Crippen molar-refractivity contribution in [2.75, 3.05) is 17.4 Å². The smallest absolute Gasteiger partial charge is 0.264 e. The van der Waals surface area contributed by atoms with E-state index in [0.717, 1.165) is 26.0 Å². The van der Waals surface area contributed by atoms with Gasteiger partial charge in [-0.2, -0.15) is 0 Å². The van der Waals surface area contributed by atoms with Crippen LogP contribution in [-0.4, -0.2) is 44.3 Å². The molecule has 1 unspecified atom stereocenters. The van der Waals surface area contributed by atoms with E-state index in [9.17, 15) is 22.4 Å². The molecule has 11 heteroatoms. The van der Waals surface area contributed by atoms with Crippen LogP contribution in [0.25, 0.3) is 0 Å². The number of halogens is 3. The van der Waals surface area contributed by atoms with E-state index in [2.05, 4.69) is 21.2 Å². The van der Waals surface area contributed by atoms with Crippen molar-refractivity contribution in [2.24, 2.45) is 0 Å². The van der Waals surface area contributed by atoms with Crippen LogP contribution in [-0.2, 0) is 32.6 Å². The number of hydrogen-bond acceptors (Lipinski definition) is 4. The SMILES string of the molecule is CCCNC(=O)C(Cc1ccccc1)N(Cc1cccc(Br)c1)C(=O)CN(c1ccc(F)c(Cl)c1)S(=O)(=O)c1ccccc1. The lowest BCUT2D eigenvalue weighted by Crippen LogP contribution is -2.53. The molecule has 44 heavy (non-hydrogen) atoms. The number of carbonyl (C=O) groups is 2. The lowest BCUT2D eigenvalue weighted by Gasteiger charge is -2.34. The van der Waals surface area contributed by atoms with Crippen LogP contribution >= 0.6 is 27.5 Å². The molecule has 0 bridgehead atoms. The fourth-order valence-electron chi connectivity index (χ4n) is 4.64. The molecular formula is C33H32BrClFN3O4S. The van der Waals surface area contributed by atoms with Crippen molar-refractivity contribution in [1.29, 1.82) is 0 Å². The number of carbonyl (C=O) groups excluding carboxylic acids is 2. The summed E-state index contributed by atoms with van der Waals surface area (Å²) in [4.78, 5) is 29.4. The minimum absolute atomic E-state index is 0.00560. The second-order valence-corrected chi connectivity index (χ2v) is 13.3. The first-order valence-electron chi connectivity index (χ1n) is 14.0. The quantitative estimate of drug-likeness (QED) is 0.170. The van der Waals surface area contributed by atoms with Crippen LogP contribution < -0.4 is 9.62 Å². The summed E-state index contributed by atoms with van der Waals surface area (Å²) in [5, 5.41) is 2.61. The van der Waals surface area contributed by atoms with Gasteiger partial charge in [0.05, 0.1) is 15.6 Å². The minimum Gasteiger partial charge on any atom is -0.354 e. The van der Waals surface area contributed by atoms with Crippen LogP contribution in [0, 0.1) is 5.82 Å². The Morgan fingerprint density at radius 2 is 1.57 bits per heavy atom. The van der Waals surface area contributed by atoms with Gasteiger partial charge in [-0.1, -0.05) is 95.1 Å². The molecule has 0 radical (unpaired) electrons. The molecule has 230 valence electrons. The van der Waals surface area contributed by atoms with Gasteiger partial charge in [-0.15, -0.1) is 0 Å². The molecule has 1 N–H and O–H groups in total. The summed E-state index contributed by atoms with van der Waals surface area (Å²) in [7, 11) is -4.31. The largest absolute Gasteiger partial charge is 0.354 e. The normalized spacial score (nSPS) is 11.9. The lowest BCUT2D eigenvalue weighted by atomic mass is 10.0. The molecule has 0 aliphatic carbocycles. The van der Waals surface area contributed by atoms with Gasteiger partial charge in [-0.3, -0.25) is 13.9 Å². The highest BCUT2D eigenvalue weighted by Crippen LogP contribution is 2.28. The maximum Gasteiger partial charge on any atom is 0.264 e. The molecule has 0 aliphatic rings. The topological polar surface area (TPSA) is 86.8 Å². The van der Waals surface area contributed by atoms with Crippen molar-refractivity contribution in [3.63, 3.8) is 0 Å². The number of amides is 2. The molecule has 1 atom stereocenters. The van der Waals surface area contributed by atoms with E-state index in [1.54, 1.807) is 18.2 Å². The fourth-order valence-corrected chi connectivity index (χ4v) is 6.69. The van der Waals surface area contributed by atoms with Gasteiger partial charge in [-0.25, -0.2) is 12.8 Å². The van der Waals surface area contributed by atoms with Gasteiger partial charge in [0, 0.05) is 24.0 Å². The van der Waals surface area contributed by atoms with Gasteiger partial charge in [0.2, 0.25) is 11.8 Å². The van der Waals surface area contributed by atoms with Crippen molar-refractivity contribution in [1.82, 2.24) is 10.2 Å². The van der Waals surface area contributed by atoms with E-state index in [-0.39, 0.29) is 34.5 Å². The Balaban J connectivity index is 1.81. The zero-order valence-electron chi connectivity index (χ0n) is 24.0. The molecule has 0 fully saturated rings. The average molecular weight is 701 g/mol. The molecule has 4 rings (SSSR count). The Bertz CT molecular complexity index is 1690. The molecule has 0 spiro atoms. The summed E-state index contributed by atoms with van der Waals surface area (Å²) >= 11 is 9.52. The first kappa shape index (κ1) is 33.2. The van der Waals surface area contributed by atoms with E-state index in [4.69, 9.17) is 11.6 Å². The van der Waals surface area contributed by atoms with Crippen LogP contribution in [0.1, 0.15) is 24.5 Å². The highest BCUT2D eigenvalue weighted by atomic mass is 79.9. The van der Waals surface area contributed by atoms with E-state index in [1.165, 1.54) is 29.2 Å². The van der Waals surface area contributed by atoms with Crippen LogP contribution in [0.4, 0.5) is 10.1 Å². The van der Waals surface area contributed by atoms with Crippen molar-refractivity contribution in [3.8, 4) is 0 Å². The molecule has 0 saturated carbocycles. The summed E-state index contributed by atoms with van der Waals surface area (Å²) in [6.07, 6.45) is 0.891. The second kappa shape index (κ2) is 15.3. The molecule has 0 aliphatic heterocycles. The molecular weight excluding hydrogens is 669 g/mol. The first-order valence-corrected chi connectivity index (χ1v) is 16.6. The van der Waals surface area contributed by atoms with Crippen LogP contribution in [0.5, 0.6) is 0 Å². The zero-order chi connectivity index (χ0) is 31.7. The summed E-state index contributed by atoms with van der Waals surface area (Å²) in [5.74, 6) is -1.72. The van der Waals surface area contributed by atoms with Crippen LogP contribution in [0.3, 0.4) is 0 Å². The zero-order valence-corrected chi connectivity index (χ0v) is 27.2. The Labute approximate surface area is 270 Å². The van der Waals surface area contributed by atoms with Gasteiger partial charge in [0.15, 0.2) is 0 Å². The van der Waals surface area contributed by atoms with Gasteiger partial charge >= 0.3 is 0 Å².